The molecule has 2 rings (SSSR count). The highest BCUT2D eigenvalue weighted by atomic mass is 35.6. The minimum atomic E-state index is -1.58. The summed E-state index contributed by atoms with van der Waals surface area (Å²) in [5.41, 5.74) is 1.54. The van der Waals surface area contributed by atoms with Crippen molar-refractivity contribution in [1.29, 1.82) is 0 Å². The van der Waals surface area contributed by atoms with E-state index in [1.54, 1.807) is 52.7 Å². The van der Waals surface area contributed by atoms with E-state index in [0.717, 1.165) is 11.1 Å². The molecule has 0 radical (unpaired) electrons. The molecule has 25 heavy (non-hydrogen) atoms. The van der Waals surface area contributed by atoms with Gasteiger partial charge in [-0.2, -0.15) is 0 Å². The predicted octanol–water partition coefficient (Wildman–Crippen LogP) is 5.22. The highest BCUT2D eigenvalue weighted by Gasteiger charge is 2.36. The quantitative estimate of drug-likeness (QED) is 0.617. The van der Waals surface area contributed by atoms with Gasteiger partial charge in [-0.15, -0.1) is 0 Å². The molecule has 0 aliphatic rings. The fourth-order valence-corrected chi connectivity index (χ4v) is 3.39. The zero-order valence-corrected chi connectivity index (χ0v) is 16.6. The van der Waals surface area contributed by atoms with Gasteiger partial charge in [0.15, 0.2) is 23.0 Å². The van der Waals surface area contributed by atoms with Crippen molar-refractivity contribution < 1.29 is 18.9 Å². The maximum atomic E-state index is 6.29. The summed E-state index contributed by atoms with van der Waals surface area (Å²) in [6.45, 7) is 0. The van der Waals surface area contributed by atoms with Crippen LogP contribution in [0.3, 0.4) is 0 Å². The first-order chi connectivity index (χ1) is 11.8. The summed E-state index contributed by atoms with van der Waals surface area (Å²) < 4.78 is 19.7. The molecule has 0 aromatic heterocycles. The van der Waals surface area contributed by atoms with Gasteiger partial charge >= 0.3 is 0 Å². The van der Waals surface area contributed by atoms with Gasteiger partial charge in [-0.05, 0) is 35.4 Å². The summed E-state index contributed by atoms with van der Waals surface area (Å²) >= 11 is 18.9. The average Bonchev–Trinajstić information content (AvgIpc) is 2.60. The Kier molecular flexibility index (Phi) is 6.55. The fraction of sp³-hybridized carbons (Fsp3) is 0.333. The van der Waals surface area contributed by atoms with Gasteiger partial charge in [-0.3, -0.25) is 0 Å². The van der Waals surface area contributed by atoms with E-state index in [1.807, 2.05) is 12.1 Å². The van der Waals surface area contributed by atoms with Crippen molar-refractivity contribution in [2.45, 2.75) is 9.71 Å². The molecule has 0 heterocycles. The molecular formula is C18H19Cl3O4. The van der Waals surface area contributed by atoms with Crippen molar-refractivity contribution in [2.75, 3.05) is 28.4 Å². The number of hydrogen-bond donors (Lipinski definition) is 0. The second-order valence-electron chi connectivity index (χ2n) is 5.20. The van der Waals surface area contributed by atoms with E-state index in [9.17, 15) is 0 Å². The lowest BCUT2D eigenvalue weighted by Gasteiger charge is -2.26. The number of alkyl halides is 3. The van der Waals surface area contributed by atoms with Crippen molar-refractivity contribution in [3.63, 3.8) is 0 Å². The Morgan fingerprint density at radius 1 is 0.640 bits per heavy atom. The number of ether oxygens (including phenoxy) is 4. The fourth-order valence-electron chi connectivity index (χ4n) is 2.64. The third kappa shape index (κ3) is 4.38. The first kappa shape index (κ1) is 19.8. The van der Waals surface area contributed by atoms with E-state index in [4.69, 9.17) is 53.8 Å². The van der Waals surface area contributed by atoms with Crippen LogP contribution in [0.4, 0.5) is 0 Å². The summed E-state index contributed by atoms with van der Waals surface area (Å²) in [4.78, 5) is 0. The Morgan fingerprint density at radius 2 is 1.00 bits per heavy atom. The van der Waals surface area contributed by atoms with E-state index in [-0.39, 0.29) is 0 Å². The SMILES string of the molecule is COc1ccc(C(c2ccc(OC)c(OC)c2)C(Cl)(Cl)Cl)cc1OC. The van der Waals surface area contributed by atoms with Gasteiger partial charge in [0.2, 0.25) is 3.79 Å². The predicted molar refractivity (Wildman–Crippen MR) is 101 cm³/mol. The molecule has 0 aliphatic carbocycles. The van der Waals surface area contributed by atoms with Crippen LogP contribution in [0.2, 0.25) is 0 Å². The summed E-state index contributed by atoms with van der Waals surface area (Å²) in [5.74, 6) is 1.76. The van der Waals surface area contributed by atoms with E-state index in [1.165, 1.54) is 0 Å². The molecule has 0 spiro atoms. The molecule has 0 bridgehead atoms. The third-order valence-electron chi connectivity index (χ3n) is 3.81. The normalized spacial score (nSPS) is 11.4. The van der Waals surface area contributed by atoms with Crippen LogP contribution in [0.1, 0.15) is 17.0 Å². The van der Waals surface area contributed by atoms with Gasteiger partial charge in [0.05, 0.1) is 34.4 Å². The smallest absolute Gasteiger partial charge is 0.201 e. The maximum absolute atomic E-state index is 6.29. The van der Waals surface area contributed by atoms with Crippen LogP contribution in [0, 0.1) is 0 Å². The number of benzene rings is 2. The molecule has 0 unspecified atom stereocenters. The van der Waals surface area contributed by atoms with Crippen LogP contribution in [0.5, 0.6) is 23.0 Å². The minimum Gasteiger partial charge on any atom is -0.493 e. The molecule has 0 amide bonds. The topological polar surface area (TPSA) is 36.9 Å². The first-order valence-electron chi connectivity index (χ1n) is 7.36. The molecule has 2 aromatic rings. The second kappa shape index (κ2) is 8.26. The highest BCUT2D eigenvalue weighted by Crippen LogP contribution is 2.48. The Morgan fingerprint density at radius 3 is 1.28 bits per heavy atom. The Bertz CT molecular complexity index is 673. The summed E-state index contributed by atoms with van der Waals surface area (Å²) in [5, 5.41) is 0. The Labute approximate surface area is 162 Å². The van der Waals surface area contributed by atoms with Crippen LogP contribution in [-0.4, -0.2) is 32.2 Å². The van der Waals surface area contributed by atoms with E-state index < -0.39 is 9.71 Å². The number of halogens is 3. The lowest BCUT2D eigenvalue weighted by atomic mass is 9.92. The van der Waals surface area contributed by atoms with Gasteiger partial charge in [0.25, 0.3) is 0 Å². The Hall–Kier alpha value is -1.49. The molecule has 0 N–H and O–H groups in total. The first-order valence-corrected chi connectivity index (χ1v) is 8.49. The monoisotopic (exact) mass is 404 g/mol. The lowest BCUT2D eigenvalue weighted by Crippen LogP contribution is -2.19. The minimum absolute atomic E-state index is 0.544. The molecular weight excluding hydrogens is 387 g/mol. The van der Waals surface area contributed by atoms with E-state index in [0.29, 0.717) is 23.0 Å². The Balaban J connectivity index is 2.58. The van der Waals surface area contributed by atoms with Gasteiger partial charge in [0.1, 0.15) is 0 Å². The van der Waals surface area contributed by atoms with Crippen molar-refractivity contribution >= 4 is 34.8 Å². The van der Waals surface area contributed by atoms with Gasteiger partial charge in [0, 0.05) is 0 Å². The molecule has 2 aromatic carbocycles. The largest absolute Gasteiger partial charge is 0.493 e. The molecule has 0 saturated carbocycles. The number of rotatable bonds is 6. The number of methoxy groups -OCH3 is 4. The van der Waals surface area contributed by atoms with Crippen LogP contribution >= 0.6 is 34.8 Å². The summed E-state index contributed by atoms with van der Waals surface area (Å²) in [6.07, 6.45) is 0. The van der Waals surface area contributed by atoms with Crippen molar-refractivity contribution in [3.05, 3.63) is 47.5 Å². The lowest BCUT2D eigenvalue weighted by molar-refractivity contribution is 0.353. The van der Waals surface area contributed by atoms with Gasteiger partial charge in [-0.25, -0.2) is 0 Å². The van der Waals surface area contributed by atoms with Crippen molar-refractivity contribution in [1.82, 2.24) is 0 Å². The maximum Gasteiger partial charge on any atom is 0.201 e. The van der Waals surface area contributed by atoms with Crippen molar-refractivity contribution in [2.24, 2.45) is 0 Å². The summed E-state index contributed by atoms with van der Waals surface area (Å²) in [6, 6.07) is 10.8. The zero-order valence-electron chi connectivity index (χ0n) is 14.3. The molecule has 0 fully saturated rings. The summed E-state index contributed by atoms with van der Waals surface area (Å²) in [7, 11) is 6.25. The third-order valence-corrected chi connectivity index (χ3v) is 4.46. The van der Waals surface area contributed by atoms with Crippen LogP contribution < -0.4 is 18.9 Å². The molecule has 0 saturated heterocycles. The van der Waals surface area contributed by atoms with E-state index >= 15 is 0 Å². The molecule has 136 valence electrons. The molecule has 7 heteroatoms. The van der Waals surface area contributed by atoms with E-state index in [2.05, 4.69) is 0 Å². The van der Waals surface area contributed by atoms with Gasteiger partial charge in [-0.1, -0.05) is 46.9 Å². The molecule has 0 aliphatic heterocycles. The van der Waals surface area contributed by atoms with Crippen LogP contribution in [0.25, 0.3) is 0 Å². The van der Waals surface area contributed by atoms with Gasteiger partial charge < -0.3 is 18.9 Å². The van der Waals surface area contributed by atoms with Crippen LogP contribution in [0.15, 0.2) is 36.4 Å². The van der Waals surface area contributed by atoms with Crippen LogP contribution in [-0.2, 0) is 0 Å². The zero-order chi connectivity index (χ0) is 18.6. The standard InChI is InChI=1S/C18H19Cl3O4/c1-22-13-7-5-11(9-15(13)24-3)17(18(19,20)21)12-6-8-14(23-2)16(10-12)25-4/h5-10,17H,1-4H3. The number of hydrogen-bond acceptors (Lipinski definition) is 4. The highest BCUT2D eigenvalue weighted by molar-refractivity contribution is 6.68. The molecule has 4 nitrogen and oxygen atoms in total. The second-order valence-corrected chi connectivity index (χ2v) is 7.57. The van der Waals surface area contributed by atoms with Crippen molar-refractivity contribution in [3.8, 4) is 23.0 Å². The molecule has 0 atom stereocenters. The average molecular weight is 406 g/mol.